The number of benzene rings is 1. The molecule has 6 nitrogen and oxygen atoms in total. The number of amides is 1. The number of nitrogens with zero attached hydrogens (tertiary/aromatic N) is 3. The lowest BCUT2D eigenvalue weighted by atomic mass is 9.86. The van der Waals surface area contributed by atoms with Crippen LogP contribution in [0.4, 0.5) is 5.69 Å². The molecule has 2 heterocycles. The third-order valence-electron chi connectivity index (χ3n) is 5.28. The standard InChI is InChI=1S/C19H24N4O2/c20-15-2-1-3-16(12-15)23-17(6-9-21-23)13-19(25)7-10-22(11-8-19)18(24)14-4-5-14/h1-3,6,9,12,14,25H,4-5,7-8,10-11,13,20H2. The van der Waals surface area contributed by atoms with Gasteiger partial charge in [0.2, 0.25) is 5.91 Å². The van der Waals surface area contributed by atoms with Crippen LogP contribution in [0.3, 0.4) is 0 Å². The largest absolute Gasteiger partial charge is 0.399 e. The Morgan fingerprint density at radius 2 is 2.04 bits per heavy atom. The van der Waals surface area contributed by atoms with Crippen LogP contribution in [0.2, 0.25) is 0 Å². The highest BCUT2D eigenvalue weighted by atomic mass is 16.3. The van der Waals surface area contributed by atoms with Crippen molar-refractivity contribution >= 4 is 11.6 Å². The molecular formula is C19H24N4O2. The molecule has 1 aliphatic carbocycles. The zero-order chi connectivity index (χ0) is 17.4. The molecule has 3 N–H and O–H groups in total. The lowest BCUT2D eigenvalue weighted by Crippen LogP contribution is -2.48. The van der Waals surface area contributed by atoms with Crippen LogP contribution in [0.5, 0.6) is 0 Å². The summed E-state index contributed by atoms with van der Waals surface area (Å²) in [5.41, 5.74) is 7.61. The van der Waals surface area contributed by atoms with E-state index in [-0.39, 0.29) is 11.8 Å². The number of anilines is 1. The predicted octanol–water partition coefficient (Wildman–Crippen LogP) is 1.76. The van der Waals surface area contributed by atoms with Gasteiger partial charge in [-0.25, -0.2) is 4.68 Å². The fraction of sp³-hybridized carbons (Fsp3) is 0.474. The van der Waals surface area contributed by atoms with Gasteiger partial charge in [0, 0.05) is 43.0 Å². The van der Waals surface area contributed by atoms with Gasteiger partial charge in [0.05, 0.1) is 11.3 Å². The number of aliphatic hydroxyl groups is 1. The number of nitrogens with two attached hydrogens (primary N) is 1. The van der Waals surface area contributed by atoms with Crippen LogP contribution in [0, 0.1) is 5.92 Å². The van der Waals surface area contributed by atoms with E-state index in [1.165, 1.54) is 0 Å². The van der Waals surface area contributed by atoms with E-state index in [2.05, 4.69) is 5.10 Å². The average molecular weight is 340 g/mol. The Morgan fingerprint density at radius 1 is 1.28 bits per heavy atom. The van der Waals surface area contributed by atoms with Gasteiger partial charge in [-0.2, -0.15) is 5.10 Å². The smallest absolute Gasteiger partial charge is 0.225 e. The van der Waals surface area contributed by atoms with Gasteiger partial charge in [-0.1, -0.05) is 6.07 Å². The van der Waals surface area contributed by atoms with Crippen molar-refractivity contribution in [3.8, 4) is 5.69 Å². The second-order valence-corrected chi connectivity index (χ2v) is 7.33. The highest BCUT2D eigenvalue weighted by molar-refractivity contribution is 5.81. The number of aromatic nitrogens is 2. The molecule has 1 saturated carbocycles. The van der Waals surface area contributed by atoms with Gasteiger partial charge in [0.15, 0.2) is 0 Å². The van der Waals surface area contributed by atoms with Crippen molar-refractivity contribution in [1.82, 2.24) is 14.7 Å². The molecule has 2 aromatic rings. The maximum Gasteiger partial charge on any atom is 0.225 e. The average Bonchev–Trinajstić information content (AvgIpc) is 3.35. The highest BCUT2D eigenvalue weighted by Crippen LogP contribution is 2.34. The normalized spacial score (nSPS) is 19.8. The van der Waals surface area contributed by atoms with Crippen LogP contribution in [0.15, 0.2) is 36.5 Å². The first-order valence-corrected chi connectivity index (χ1v) is 8.94. The summed E-state index contributed by atoms with van der Waals surface area (Å²) >= 11 is 0. The van der Waals surface area contributed by atoms with Gasteiger partial charge < -0.3 is 15.7 Å². The molecule has 6 heteroatoms. The van der Waals surface area contributed by atoms with E-state index < -0.39 is 5.60 Å². The molecule has 1 saturated heterocycles. The lowest BCUT2D eigenvalue weighted by Gasteiger charge is -2.38. The highest BCUT2D eigenvalue weighted by Gasteiger charge is 2.39. The van der Waals surface area contributed by atoms with Gasteiger partial charge in [0.25, 0.3) is 0 Å². The van der Waals surface area contributed by atoms with Crippen LogP contribution in [-0.2, 0) is 11.2 Å². The molecule has 0 radical (unpaired) electrons. The van der Waals surface area contributed by atoms with E-state index in [4.69, 9.17) is 5.73 Å². The summed E-state index contributed by atoms with van der Waals surface area (Å²) in [6.07, 6.45) is 5.53. The molecule has 1 aromatic heterocycles. The van der Waals surface area contributed by atoms with Crippen molar-refractivity contribution in [2.24, 2.45) is 5.92 Å². The molecule has 2 aliphatic rings. The zero-order valence-corrected chi connectivity index (χ0v) is 14.3. The Balaban J connectivity index is 1.46. The number of piperidine rings is 1. The van der Waals surface area contributed by atoms with Gasteiger partial charge in [-0.3, -0.25) is 4.79 Å². The molecule has 2 fully saturated rings. The molecule has 1 aromatic carbocycles. The number of hydrogen-bond donors (Lipinski definition) is 2. The Hall–Kier alpha value is -2.34. The number of carbonyl (C=O) groups excluding carboxylic acids is 1. The molecule has 0 bridgehead atoms. The van der Waals surface area contributed by atoms with Gasteiger partial charge in [0.1, 0.15) is 0 Å². The summed E-state index contributed by atoms with van der Waals surface area (Å²) in [6.45, 7) is 1.27. The molecule has 0 atom stereocenters. The van der Waals surface area contributed by atoms with E-state index in [1.54, 1.807) is 6.20 Å². The van der Waals surface area contributed by atoms with Gasteiger partial charge >= 0.3 is 0 Å². The fourth-order valence-electron chi connectivity index (χ4n) is 3.60. The molecule has 0 spiro atoms. The quantitative estimate of drug-likeness (QED) is 0.831. The molecule has 25 heavy (non-hydrogen) atoms. The van der Waals surface area contributed by atoms with Crippen LogP contribution in [-0.4, -0.2) is 44.4 Å². The number of nitrogen functional groups attached to an aromatic ring is 1. The summed E-state index contributed by atoms with van der Waals surface area (Å²) < 4.78 is 1.83. The zero-order valence-electron chi connectivity index (χ0n) is 14.3. The van der Waals surface area contributed by atoms with E-state index in [0.717, 1.165) is 24.2 Å². The van der Waals surface area contributed by atoms with Crippen LogP contribution < -0.4 is 5.73 Å². The maximum absolute atomic E-state index is 12.2. The summed E-state index contributed by atoms with van der Waals surface area (Å²) in [5.74, 6) is 0.517. The van der Waals surface area contributed by atoms with E-state index in [0.29, 0.717) is 38.0 Å². The minimum absolute atomic E-state index is 0.246. The van der Waals surface area contributed by atoms with Crippen LogP contribution in [0.1, 0.15) is 31.4 Å². The first kappa shape index (κ1) is 16.1. The van der Waals surface area contributed by atoms with Gasteiger partial charge in [-0.05, 0) is 49.9 Å². The van der Waals surface area contributed by atoms with Crippen molar-refractivity contribution in [3.63, 3.8) is 0 Å². The van der Waals surface area contributed by atoms with Crippen LogP contribution in [0.25, 0.3) is 5.69 Å². The second-order valence-electron chi connectivity index (χ2n) is 7.33. The second kappa shape index (κ2) is 6.19. The van der Waals surface area contributed by atoms with E-state index in [1.807, 2.05) is 39.9 Å². The summed E-state index contributed by atoms with van der Waals surface area (Å²) in [4.78, 5) is 14.1. The Bertz CT molecular complexity index is 773. The first-order valence-electron chi connectivity index (χ1n) is 8.94. The number of carbonyl (C=O) groups is 1. The van der Waals surface area contributed by atoms with Crippen molar-refractivity contribution in [3.05, 3.63) is 42.2 Å². The van der Waals surface area contributed by atoms with Crippen molar-refractivity contribution in [1.29, 1.82) is 0 Å². The minimum Gasteiger partial charge on any atom is -0.399 e. The third-order valence-corrected chi connectivity index (χ3v) is 5.28. The molecule has 132 valence electrons. The Morgan fingerprint density at radius 3 is 2.72 bits per heavy atom. The number of hydrogen-bond acceptors (Lipinski definition) is 4. The monoisotopic (exact) mass is 340 g/mol. The number of likely N-dealkylation sites (tertiary alicyclic amines) is 1. The Labute approximate surface area is 147 Å². The maximum atomic E-state index is 12.2. The third kappa shape index (κ3) is 3.39. The topological polar surface area (TPSA) is 84.4 Å². The molecule has 4 rings (SSSR count). The van der Waals surface area contributed by atoms with Crippen LogP contribution >= 0.6 is 0 Å². The predicted molar refractivity (Wildman–Crippen MR) is 95.2 cm³/mol. The molecule has 0 unspecified atom stereocenters. The molecule has 1 amide bonds. The summed E-state index contributed by atoms with van der Waals surface area (Å²) in [5, 5.41) is 15.4. The first-order chi connectivity index (χ1) is 12.0. The van der Waals surface area contributed by atoms with Crippen molar-refractivity contribution in [2.75, 3.05) is 18.8 Å². The summed E-state index contributed by atoms with van der Waals surface area (Å²) in [6, 6.07) is 9.49. The number of rotatable bonds is 4. The molecular weight excluding hydrogens is 316 g/mol. The van der Waals surface area contributed by atoms with Gasteiger partial charge in [-0.15, -0.1) is 0 Å². The summed E-state index contributed by atoms with van der Waals surface area (Å²) in [7, 11) is 0. The Kier molecular flexibility index (Phi) is 4.00. The van der Waals surface area contributed by atoms with Crippen molar-refractivity contribution < 1.29 is 9.90 Å². The van der Waals surface area contributed by atoms with E-state index >= 15 is 0 Å². The van der Waals surface area contributed by atoms with Crippen molar-refractivity contribution in [2.45, 2.75) is 37.7 Å². The fourth-order valence-corrected chi connectivity index (χ4v) is 3.60. The SMILES string of the molecule is Nc1cccc(-n2nccc2CC2(O)CCN(C(=O)C3CC3)CC2)c1. The van der Waals surface area contributed by atoms with E-state index in [9.17, 15) is 9.90 Å². The molecule has 1 aliphatic heterocycles. The minimum atomic E-state index is -0.793. The lowest BCUT2D eigenvalue weighted by molar-refractivity contribution is -0.136.